The van der Waals surface area contributed by atoms with Gasteiger partial charge in [-0.05, 0) is 26.8 Å². The van der Waals surface area contributed by atoms with E-state index >= 15 is 0 Å². The van der Waals surface area contributed by atoms with Crippen molar-refractivity contribution in [3.05, 3.63) is 41.3 Å². The number of benzene rings is 1. The van der Waals surface area contributed by atoms with Gasteiger partial charge in [-0.25, -0.2) is 9.97 Å². The zero-order valence-corrected chi connectivity index (χ0v) is 15.0. The van der Waals surface area contributed by atoms with Gasteiger partial charge in [-0.15, -0.1) is 11.3 Å². The highest BCUT2D eigenvalue weighted by molar-refractivity contribution is 7.18. The molecule has 0 bridgehead atoms. The largest absolute Gasteiger partial charge is 0.372 e. The predicted molar refractivity (Wildman–Crippen MR) is 99.8 cm³/mol. The minimum absolute atomic E-state index is 0.207. The van der Waals surface area contributed by atoms with Crippen LogP contribution >= 0.6 is 11.3 Å². The molecular weight excluding hydrogens is 318 g/mol. The highest BCUT2D eigenvalue weighted by atomic mass is 32.1. The second kappa shape index (κ2) is 6.15. The fraction of sp³-hybridized carbons (Fsp3) is 0.368. The van der Waals surface area contributed by atoms with E-state index in [1.807, 2.05) is 18.2 Å². The summed E-state index contributed by atoms with van der Waals surface area (Å²) in [6, 6.07) is 12.4. The molecule has 1 aliphatic heterocycles. The molecule has 1 aromatic carbocycles. The molecule has 1 saturated heterocycles. The zero-order valence-electron chi connectivity index (χ0n) is 14.2. The average Bonchev–Trinajstić information content (AvgIpc) is 2.94. The maximum atomic E-state index is 5.89. The van der Waals surface area contributed by atoms with Crippen LogP contribution in [0.5, 0.6) is 0 Å². The molecule has 0 spiro atoms. The Balaban J connectivity index is 1.86. The first-order chi connectivity index (χ1) is 11.6. The summed E-state index contributed by atoms with van der Waals surface area (Å²) >= 11 is 1.73. The van der Waals surface area contributed by atoms with Crippen molar-refractivity contribution in [3.63, 3.8) is 0 Å². The molecule has 0 amide bonds. The first kappa shape index (κ1) is 15.5. The summed E-state index contributed by atoms with van der Waals surface area (Å²) < 4.78 is 5.89. The highest BCUT2D eigenvalue weighted by Gasteiger charge is 2.26. The number of nitrogens with zero attached hydrogens (tertiary/aromatic N) is 3. The quantitative estimate of drug-likeness (QED) is 0.698. The van der Waals surface area contributed by atoms with Gasteiger partial charge < -0.3 is 9.64 Å². The van der Waals surface area contributed by atoms with E-state index in [2.05, 4.69) is 43.9 Å². The summed E-state index contributed by atoms with van der Waals surface area (Å²) in [4.78, 5) is 14.4. The normalized spacial score (nSPS) is 21.4. The standard InChI is InChI=1S/C19H21N3OS/c1-12-10-22(11-13(2)23-12)18-16-9-14(3)24-19(16)21-17(20-18)15-7-5-4-6-8-15/h4-9,12-13H,10-11H2,1-3H3. The Morgan fingerprint density at radius 3 is 2.50 bits per heavy atom. The van der Waals surface area contributed by atoms with Gasteiger partial charge in [0, 0.05) is 23.5 Å². The maximum absolute atomic E-state index is 5.89. The fourth-order valence-corrected chi connectivity index (χ4v) is 4.21. The average molecular weight is 339 g/mol. The molecule has 3 heterocycles. The topological polar surface area (TPSA) is 38.2 Å². The Labute approximate surface area is 146 Å². The number of aryl methyl sites for hydroxylation is 1. The van der Waals surface area contributed by atoms with Crippen LogP contribution in [0.1, 0.15) is 18.7 Å². The Morgan fingerprint density at radius 2 is 1.79 bits per heavy atom. The van der Waals surface area contributed by atoms with E-state index in [1.54, 1.807) is 11.3 Å². The SMILES string of the molecule is Cc1cc2c(N3CC(C)OC(C)C3)nc(-c3ccccc3)nc2s1. The zero-order chi connectivity index (χ0) is 16.7. The molecule has 1 aliphatic rings. The van der Waals surface area contributed by atoms with Crippen LogP contribution in [0.3, 0.4) is 0 Å². The van der Waals surface area contributed by atoms with Crippen LogP contribution in [0, 0.1) is 6.92 Å². The number of thiophene rings is 1. The van der Waals surface area contributed by atoms with Crippen molar-refractivity contribution < 1.29 is 4.74 Å². The lowest BCUT2D eigenvalue weighted by molar-refractivity contribution is -0.00536. The number of anilines is 1. The lowest BCUT2D eigenvalue weighted by Gasteiger charge is -2.36. The Bertz CT molecular complexity index is 852. The van der Waals surface area contributed by atoms with Crippen LogP contribution in [0.4, 0.5) is 5.82 Å². The summed E-state index contributed by atoms with van der Waals surface area (Å²) in [5.74, 6) is 1.83. The first-order valence-electron chi connectivity index (χ1n) is 8.34. The van der Waals surface area contributed by atoms with Crippen molar-refractivity contribution in [3.8, 4) is 11.4 Å². The van der Waals surface area contributed by atoms with E-state index in [9.17, 15) is 0 Å². The van der Waals surface area contributed by atoms with Crippen molar-refractivity contribution in [2.75, 3.05) is 18.0 Å². The molecule has 4 rings (SSSR count). The van der Waals surface area contributed by atoms with Gasteiger partial charge in [0.15, 0.2) is 5.82 Å². The van der Waals surface area contributed by atoms with E-state index in [4.69, 9.17) is 14.7 Å². The molecule has 0 aliphatic carbocycles. The van der Waals surface area contributed by atoms with Gasteiger partial charge in [-0.3, -0.25) is 0 Å². The maximum Gasteiger partial charge on any atom is 0.163 e. The number of aromatic nitrogens is 2. The van der Waals surface area contributed by atoms with Crippen LogP contribution < -0.4 is 4.90 Å². The summed E-state index contributed by atoms with van der Waals surface area (Å²) in [6.45, 7) is 8.10. The lowest BCUT2D eigenvalue weighted by Crippen LogP contribution is -2.46. The molecule has 2 atom stereocenters. The molecule has 0 N–H and O–H groups in total. The second-order valence-electron chi connectivity index (χ2n) is 6.48. The molecule has 24 heavy (non-hydrogen) atoms. The number of hydrogen-bond acceptors (Lipinski definition) is 5. The molecule has 2 unspecified atom stereocenters. The number of morpholine rings is 1. The molecule has 2 aromatic heterocycles. The van der Waals surface area contributed by atoms with Crippen molar-refractivity contribution >= 4 is 27.4 Å². The van der Waals surface area contributed by atoms with Crippen molar-refractivity contribution in [1.82, 2.24) is 9.97 Å². The monoisotopic (exact) mass is 339 g/mol. The van der Waals surface area contributed by atoms with E-state index in [0.29, 0.717) is 0 Å². The molecule has 124 valence electrons. The minimum Gasteiger partial charge on any atom is -0.372 e. The second-order valence-corrected chi connectivity index (χ2v) is 7.71. The third-order valence-corrected chi connectivity index (χ3v) is 5.19. The van der Waals surface area contributed by atoms with Gasteiger partial charge >= 0.3 is 0 Å². The molecule has 0 radical (unpaired) electrons. The summed E-state index contributed by atoms with van der Waals surface area (Å²) in [6.07, 6.45) is 0.414. The molecule has 1 fully saturated rings. The van der Waals surface area contributed by atoms with Crippen molar-refractivity contribution in [1.29, 1.82) is 0 Å². The molecule has 4 nitrogen and oxygen atoms in total. The predicted octanol–water partition coefficient (Wildman–Crippen LogP) is 4.28. The van der Waals surface area contributed by atoms with Crippen molar-refractivity contribution in [2.45, 2.75) is 33.0 Å². The van der Waals surface area contributed by atoms with Crippen LogP contribution in [0.25, 0.3) is 21.6 Å². The van der Waals surface area contributed by atoms with E-state index in [0.717, 1.165) is 40.5 Å². The number of rotatable bonds is 2. The Hall–Kier alpha value is -1.98. The molecular formula is C19H21N3OS. The lowest BCUT2D eigenvalue weighted by atomic mass is 10.2. The van der Waals surface area contributed by atoms with Crippen molar-refractivity contribution in [2.24, 2.45) is 0 Å². The summed E-state index contributed by atoms with van der Waals surface area (Å²) in [5, 5.41) is 1.15. The minimum atomic E-state index is 0.207. The van der Waals surface area contributed by atoms with E-state index in [1.165, 1.54) is 4.88 Å². The third-order valence-electron chi connectivity index (χ3n) is 4.25. The molecule has 0 saturated carbocycles. The van der Waals surface area contributed by atoms with Gasteiger partial charge in [0.05, 0.1) is 17.6 Å². The number of ether oxygens (including phenoxy) is 1. The smallest absolute Gasteiger partial charge is 0.163 e. The Morgan fingerprint density at radius 1 is 1.08 bits per heavy atom. The van der Waals surface area contributed by atoms with Crippen LogP contribution in [-0.2, 0) is 4.74 Å². The Kier molecular flexibility index (Phi) is 3.98. The molecule has 5 heteroatoms. The van der Waals surface area contributed by atoms with Crippen LogP contribution in [-0.4, -0.2) is 35.3 Å². The summed E-state index contributed by atoms with van der Waals surface area (Å²) in [7, 11) is 0. The van der Waals surface area contributed by atoms with Gasteiger partial charge in [0.1, 0.15) is 10.6 Å². The van der Waals surface area contributed by atoms with Gasteiger partial charge in [-0.2, -0.15) is 0 Å². The van der Waals surface area contributed by atoms with Gasteiger partial charge in [-0.1, -0.05) is 30.3 Å². The van der Waals surface area contributed by atoms with Crippen LogP contribution in [0.15, 0.2) is 36.4 Å². The third kappa shape index (κ3) is 2.89. The van der Waals surface area contributed by atoms with E-state index in [-0.39, 0.29) is 12.2 Å². The number of fused-ring (bicyclic) bond motifs is 1. The van der Waals surface area contributed by atoms with Gasteiger partial charge in [0.25, 0.3) is 0 Å². The van der Waals surface area contributed by atoms with Gasteiger partial charge in [0.2, 0.25) is 0 Å². The summed E-state index contributed by atoms with van der Waals surface area (Å²) in [5.41, 5.74) is 1.06. The molecule has 3 aromatic rings. The fourth-order valence-electron chi connectivity index (χ4n) is 3.34. The number of hydrogen-bond donors (Lipinski definition) is 0. The van der Waals surface area contributed by atoms with Crippen LogP contribution in [0.2, 0.25) is 0 Å². The van der Waals surface area contributed by atoms with E-state index < -0.39 is 0 Å². The highest BCUT2D eigenvalue weighted by Crippen LogP contribution is 2.34. The first-order valence-corrected chi connectivity index (χ1v) is 9.16.